The number of aromatic nitrogens is 1. The fourth-order valence-corrected chi connectivity index (χ4v) is 2.12. The van der Waals surface area contributed by atoms with Crippen LogP contribution in [0.1, 0.15) is 30.0 Å². The van der Waals surface area contributed by atoms with Crippen LogP contribution in [0.5, 0.6) is 0 Å². The Balaban J connectivity index is 1.98. The van der Waals surface area contributed by atoms with E-state index in [1.165, 1.54) is 19.3 Å². The maximum atomic E-state index is 4.38. The van der Waals surface area contributed by atoms with Crippen LogP contribution in [0.3, 0.4) is 0 Å². The Morgan fingerprint density at radius 2 is 2.43 bits per heavy atom. The summed E-state index contributed by atoms with van der Waals surface area (Å²) >= 11 is 1.61. The summed E-state index contributed by atoms with van der Waals surface area (Å²) in [5, 5.41) is 6.36. The summed E-state index contributed by atoms with van der Waals surface area (Å²) in [6.07, 6.45) is 5.62. The molecule has 1 N–H and O–H groups in total. The van der Waals surface area contributed by atoms with E-state index < -0.39 is 0 Å². The third kappa shape index (κ3) is 1.87. The fourth-order valence-electron chi connectivity index (χ4n) is 1.38. The summed E-state index contributed by atoms with van der Waals surface area (Å²) in [6, 6.07) is 0.624. The number of hydrogen-bond donors (Lipinski definition) is 1. The molecule has 3 heteroatoms. The summed E-state index contributed by atoms with van der Waals surface area (Å²) in [4.78, 5) is 4.38. The van der Waals surface area contributed by atoms with Crippen LogP contribution in [-0.4, -0.2) is 11.0 Å². The lowest BCUT2D eigenvalue weighted by molar-refractivity contribution is 0.378. The number of nitrogens with zero attached hydrogens (tertiary/aromatic N) is 1. The molecule has 0 aromatic carbocycles. The van der Waals surface area contributed by atoms with E-state index in [1.54, 1.807) is 17.4 Å². The Morgan fingerprint density at radius 1 is 1.64 bits per heavy atom. The van der Waals surface area contributed by atoms with Gasteiger partial charge in [-0.2, -0.15) is 0 Å². The van der Waals surface area contributed by atoms with Gasteiger partial charge in [0.1, 0.15) is 5.01 Å². The van der Waals surface area contributed by atoms with E-state index in [4.69, 9.17) is 0 Å². The molecule has 0 saturated heterocycles. The minimum atomic E-state index is 0.624. The zero-order valence-corrected chi connectivity index (χ0v) is 8.94. The number of hydrogen-bond acceptors (Lipinski definition) is 3. The van der Waals surface area contributed by atoms with Gasteiger partial charge in [-0.3, -0.25) is 0 Å². The second kappa shape index (κ2) is 3.96. The van der Waals surface area contributed by atoms with Crippen molar-refractivity contribution in [1.29, 1.82) is 0 Å². The smallest absolute Gasteiger partial charge is 0.139 e. The third-order valence-corrected chi connectivity index (χ3v) is 3.39. The van der Waals surface area contributed by atoms with Gasteiger partial charge in [-0.25, -0.2) is 4.98 Å². The van der Waals surface area contributed by atoms with Crippen molar-refractivity contribution >= 4 is 23.1 Å². The second-order valence-corrected chi connectivity index (χ2v) is 4.39. The SMILES string of the molecule is C=Cc1csc(C(=C)NC2CCC2)n1. The first kappa shape index (κ1) is 9.46. The molecule has 1 aliphatic rings. The molecule has 2 rings (SSSR count). The summed E-state index contributed by atoms with van der Waals surface area (Å²) in [6.45, 7) is 7.68. The first-order valence-corrected chi connectivity index (χ1v) is 5.71. The highest BCUT2D eigenvalue weighted by molar-refractivity contribution is 7.10. The van der Waals surface area contributed by atoms with Crippen molar-refractivity contribution in [2.24, 2.45) is 0 Å². The Kier molecular flexibility index (Phi) is 2.68. The average molecular weight is 206 g/mol. The maximum absolute atomic E-state index is 4.38. The fraction of sp³-hybridized carbons (Fsp3) is 0.364. The molecule has 0 spiro atoms. The van der Waals surface area contributed by atoms with Crippen molar-refractivity contribution in [2.45, 2.75) is 25.3 Å². The van der Waals surface area contributed by atoms with Crippen LogP contribution in [0.4, 0.5) is 0 Å². The van der Waals surface area contributed by atoms with Crippen molar-refractivity contribution in [3.8, 4) is 0 Å². The van der Waals surface area contributed by atoms with Gasteiger partial charge < -0.3 is 5.32 Å². The largest absolute Gasteiger partial charge is 0.380 e. The van der Waals surface area contributed by atoms with Crippen LogP contribution < -0.4 is 5.32 Å². The number of nitrogens with one attached hydrogen (secondary N) is 1. The van der Waals surface area contributed by atoms with Crippen LogP contribution in [0.15, 0.2) is 18.5 Å². The maximum Gasteiger partial charge on any atom is 0.139 e. The predicted molar refractivity (Wildman–Crippen MR) is 62.0 cm³/mol. The topological polar surface area (TPSA) is 24.9 Å². The van der Waals surface area contributed by atoms with Gasteiger partial charge in [-0.15, -0.1) is 11.3 Å². The summed E-state index contributed by atoms with van der Waals surface area (Å²) < 4.78 is 0. The van der Waals surface area contributed by atoms with Gasteiger partial charge in [0, 0.05) is 11.4 Å². The molecule has 1 fully saturated rings. The van der Waals surface area contributed by atoms with Gasteiger partial charge in [0.2, 0.25) is 0 Å². The van der Waals surface area contributed by atoms with E-state index >= 15 is 0 Å². The Labute approximate surface area is 88.4 Å². The Bertz CT molecular complexity index is 350. The Hall–Kier alpha value is -1.09. The lowest BCUT2D eigenvalue weighted by Crippen LogP contribution is -2.33. The molecule has 0 bridgehead atoms. The molecule has 2 nitrogen and oxygen atoms in total. The first-order valence-electron chi connectivity index (χ1n) is 4.83. The van der Waals surface area contributed by atoms with Gasteiger partial charge in [-0.1, -0.05) is 13.2 Å². The molecule has 14 heavy (non-hydrogen) atoms. The third-order valence-electron chi connectivity index (χ3n) is 2.47. The van der Waals surface area contributed by atoms with Crippen LogP contribution in [0.2, 0.25) is 0 Å². The highest BCUT2D eigenvalue weighted by Gasteiger charge is 2.18. The monoisotopic (exact) mass is 206 g/mol. The lowest BCUT2D eigenvalue weighted by atomic mass is 9.93. The normalized spacial score (nSPS) is 16.0. The molecule has 1 heterocycles. The van der Waals surface area contributed by atoms with E-state index in [1.807, 2.05) is 5.38 Å². The van der Waals surface area contributed by atoms with Gasteiger partial charge in [0.15, 0.2) is 0 Å². The minimum absolute atomic E-state index is 0.624. The van der Waals surface area contributed by atoms with Crippen molar-refractivity contribution in [3.05, 3.63) is 29.2 Å². The lowest BCUT2D eigenvalue weighted by Gasteiger charge is -2.27. The van der Waals surface area contributed by atoms with E-state index in [0.717, 1.165) is 16.4 Å². The van der Waals surface area contributed by atoms with E-state index in [-0.39, 0.29) is 0 Å². The molecule has 0 unspecified atom stereocenters. The summed E-state index contributed by atoms with van der Waals surface area (Å²) in [5.74, 6) is 0. The summed E-state index contributed by atoms with van der Waals surface area (Å²) in [5.41, 5.74) is 1.88. The molecule has 1 aromatic heterocycles. The van der Waals surface area contributed by atoms with Crippen molar-refractivity contribution in [1.82, 2.24) is 10.3 Å². The molecule has 0 aliphatic heterocycles. The van der Waals surface area contributed by atoms with Gasteiger partial charge in [-0.05, 0) is 25.3 Å². The van der Waals surface area contributed by atoms with Gasteiger partial charge in [0.25, 0.3) is 0 Å². The van der Waals surface area contributed by atoms with E-state index in [0.29, 0.717) is 6.04 Å². The molecule has 1 aliphatic carbocycles. The van der Waals surface area contributed by atoms with E-state index in [9.17, 15) is 0 Å². The highest BCUT2D eigenvalue weighted by atomic mass is 32.1. The van der Waals surface area contributed by atoms with Gasteiger partial charge in [0.05, 0.1) is 11.4 Å². The molecule has 0 amide bonds. The molecule has 74 valence electrons. The molecule has 0 atom stereocenters. The van der Waals surface area contributed by atoms with Crippen molar-refractivity contribution in [3.63, 3.8) is 0 Å². The first-order chi connectivity index (χ1) is 6.79. The van der Waals surface area contributed by atoms with Crippen LogP contribution >= 0.6 is 11.3 Å². The van der Waals surface area contributed by atoms with Crippen LogP contribution in [0.25, 0.3) is 11.8 Å². The molecular weight excluding hydrogens is 192 g/mol. The zero-order valence-electron chi connectivity index (χ0n) is 8.12. The van der Waals surface area contributed by atoms with Crippen LogP contribution in [-0.2, 0) is 0 Å². The van der Waals surface area contributed by atoms with Crippen molar-refractivity contribution in [2.75, 3.05) is 0 Å². The second-order valence-electron chi connectivity index (χ2n) is 3.53. The van der Waals surface area contributed by atoms with Crippen LogP contribution in [0, 0.1) is 0 Å². The zero-order chi connectivity index (χ0) is 9.97. The summed E-state index contributed by atoms with van der Waals surface area (Å²) in [7, 11) is 0. The van der Waals surface area contributed by atoms with Crippen molar-refractivity contribution < 1.29 is 0 Å². The standard InChI is InChI=1S/C11H14N2S/c1-3-9-7-14-11(13-9)8(2)12-10-5-4-6-10/h3,7,10,12H,1-2,4-6H2. The molecule has 0 radical (unpaired) electrons. The average Bonchev–Trinajstić information content (AvgIpc) is 2.59. The molecule has 1 saturated carbocycles. The molecule has 1 aromatic rings. The van der Waals surface area contributed by atoms with E-state index in [2.05, 4.69) is 23.5 Å². The minimum Gasteiger partial charge on any atom is -0.380 e. The molecular formula is C11H14N2S. The predicted octanol–water partition coefficient (Wildman–Crippen LogP) is 2.90. The number of rotatable bonds is 4. The highest BCUT2D eigenvalue weighted by Crippen LogP contribution is 2.23. The van der Waals surface area contributed by atoms with Gasteiger partial charge >= 0.3 is 0 Å². The number of thiazole rings is 1. The quantitative estimate of drug-likeness (QED) is 0.819. The Morgan fingerprint density at radius 3 is 2.93 bits per heavy atom.